The van der Waals surface area contributed by atoms with Crippen LogP contribution in [0.3, 0.4) is 0 Å². The molecule has 19 heavy (non-hydrogen) atoms. The van der Waals surface area contributed by atoms with E-state index in [2.05, 4.69) is 39.5 Å². The first-order valence-corrected chi connectivity index (χ1v) is 6.95. The molecule has 1 aliphatic rings. The van der Waals surface area contributed by atoms with Gasteiger partial charge in [0.15, 0.2) is 5.82 Å². The lowest BCUT2D eigenvalue weighted by molar-refractivity contribution is 0.266. The van der Waals surface area contributed by atoms with E-state index in [1.54, 1.807) is 6.20 Å². The fourth-order valence-electron chi connectivity index (χ4n) is 2.30. The van der Waals surface area contributed by atoms with E-state index in [0.29, 0.717) is 28.7 Å². The number of halogens is 1. The quantitative estimate of drug-likeness (QED) is 0.562. The zero-order chi connectivity index (χ0) is 13.8. The summed E-state index contributed by atoms with van der Waals surface area (Å²) in [6, 6.07) is 0.612. The van der Waals surface area contributed by atoms with Gasteiger partial charge in [0.2, 0.25) is 5.95 Å². The third kappa shape index (κ3) is 3.68. The second-order valence-corrected chi connectivity index (χ2v) is 5.57. The van der Waals surface area contributed by atoms with Gasteiger partial charge in [-0.2, -0.15) is 4.98 Å². The predicted octanol–water partition coefficient (Wildman–Crippen LogP) is 1.56. The van der Waals surface area contributed by atoms with Crippen molar-refractivity contribution in [2.45, 2.75) is 26.3 Å². The predicted molar refractivity (Wildman–Crippen MR) is 78.2 cm³/mol. The van der Waals surface area contributed by atoms with Crippen molar-refractivity contribution in [1.29, 1.82) is 0 Å². The van der Waals surface area contributed by atoms with E-state index in [1.165, 1.54) is 6.42 Å². The first kappa shape index (κ1) is 14.3. The van der Waals surface area contributed by atoms with Crippen molar-refractivity contribution in [3.63, 3.8) is 0 Å². The second kappa shape index (κ2) is 6.36. The highest BCUT2D eigenvalue weighted by Crippen LogP contribution is 2.22. The topological polar surface area (TPSA) is 79.1 Å². The highest BCUT2D eigenvalue weighted by atomic mass is 35.5. The number of hydrazine groups is 1. The maximum atomic E-state index is 6.05. The van der Waals surface area contributed by atoms with E-state index in [4.69, 9.17) is 17.4 Å². The molecule has 0 aromatic carbocycles. The molecule has 0 bridgehead atoms. The lowest BCUT2D eigenvalue weighted by Crippen LogP contribution is -2.29. The summed E-state index contributed by atoms with van der Waals surface area (Å²) < 4.78 is 0. The highest BCUT2D eigenvalue weighted by molar-refractivity contribution is 6.32. The number of rotatable bonds is 5. The number of nitrogens with two attached hydrogens (primary N) is 1. The molecule has 1 aliphatic heterocycles. The molecule has 2 rings (SSSR count). The Morgan fingerprint density at radius 1 is 1.58 bits per heavy atom. The molecule has 7 heteroatoms. The van der Waals surface area contributed by atoms with E-state index < -0.39 is 0 Å². The van der Waals surface area contributed by atoms with Crippen LogP contribution in [0, 0.1) is 5.92 Å². The van der Waals surface area contributed by atoms with Crippen LogP contribution in [0.25, 0.3) is 0 Å². The Balaban J connectivity index is 1.89. The molecule has 106 valence electrons. The van der Waals surface area contributed by atoms with Gasteiger partial charge in [0.25, 0.3) is 0 Å². The van der Waals surface area contributed by atoms with E-state index in [0.717, 1.165) is 19.6 Å². The van der Waals surface area contributed by atoms with Crippen LogP contribution in [0.1, 0.15) is 20.3 Å². The van der Waals surface area contributed by atoms with Crippen molar-refractivity contribution in [3.05, 3.63) is 11.2 Å². The van der Waals surface area contributed by atoms with Gasteiger partial charge in [-0.25, -0.2) is 10.8 Å². The number of nitrogens with one attached hydrogen (secondary N) is 2. The van der Waals surface area contributed by atoms with Gasteiger partial charge in [-0.05, 0) is 32.7 Å². The zero-order valence-electron chi connectivity index (χ0n) is 11.4. The highest BCUT2D eigenvalue weighted by Gasteiger charge is 2.24. The Morgan fingerprint density at radius 3 is 3.00 bits per heavy atom. The van der Waals surface area contributed by atoms with Crippen LogP contribution in [-0.4, -0.2) is 40.5 Å². The minimum Gasteiger partial charge on any atom is -0.368 e. The summed E-state index contributed by atoms with van der Waals surface area (Å²) in [5.74, 6) is 6.91. The maximum Gasteiger partial charge on any atom is 0.239 e. The maximum absolute atomic E-state index is 6.05. The third-order valence-corrected chi connectivity index (χ3v) is 3.76. The average molecular weight is 285 g/mol. The van der Waals surface area contributed by atoms with Crippen molar-refractivity contribution >= 4 is 23.4 Å². The summed E-state index contributed by atoms with van der Waals surface area (Å²) in [4.78, 5) is 10.6. The molecule has 6 nitrogen and oxygen atoms in total. The number of anilines is 2. The largest absolute Gasteiger partial charge is 0.368 e. The molecule has 0 saturated carbocycles. The van der Waals surface area contributed by atoms with Gasteiger partial charge >= 0.3 is 0 Å². The van der Waals surface area contributed by atoms with E-state index in [1.807, 2.05) is 0 Å². The number of likely N-dealkylation sites (tertiary alicyclic amines) is 1. The minimum atomic E-state index is 0.363. The van der Waals surface area contributed by atoms with Gasteiger partial charge in [0, 0.05) is 19.1 Å². The summed E-state index contributed by atoms with van der Waals surface area (Å²) in [7, 11) is 0. The van der Waals surface area contributed by atoms with Crippen LogP contribution >= 0.6 is 11.6 Å². The van der Waals surface area contributed by atoms with Crippen molar-refractivity contribution in [3.8, 4) is 0 Å². The van der Waals surface area contributed by atoms with Crippen molar-refractivity contribution in [2.75, 3.05) is 30.4 Å². The standard InChI is InChI=1S/C12H21ClN6/c1-8(2)19-4-3-9(7-19)5-15-11-10(13)6-16-12(17-11)18-14/h6,8-9H,3-5,7,14H2,1-2H3,(H2,15,16,17,18). The first-order chi connectivity index (χ1) is 9.10. The summed E-state index contributed by atoms with van der Waals surface area (Å²) in [6.45, 7) is 7.61. The molecule has 0 aliphatic carbocycles. The lowest BCUT2D eigenvalue weighted by atomic mass is 10.1. The molecule has 1 saturated heterocycles. The Hall–Kier alpha value is -1.11. The second-order valence-electron chi connectivity index (χ2n) is 5.16. The molecule has 2 heterocycles. The van der Waals surface area contributed by atoms with Crippen molar-refractivity contribution in [2.24, 2.45) is 11.8 Å². The zero-order valence-corrected chi connectivity index (χ0v) is 12.1. The average Bonchev–Trinajstić information content (AvgIpc) is 2.87. The molecule has 1 aromatic heterocycles. The number of nitrogen functional groups attached to an aromatic ring is 1. The molecule has 1 fully saturated rings. The fourth-order valence-corrected chi connectivity index (χ4v) is 2.46. The first-order valence-electron chi connectivity index (χ1n) is 6.57. The summed E-state index contributed by atoms with van der Waals surface area (Å²) in [6.07, 6.45) is 2.75. The van der Waals surface area contributed by atoms with Crippen LogP contribution in [0.15, 0.2) is 6.20 Å². The van der Waals surface area contributed by atoms with Gasteiger partial charge in [-0.1, -0.05) is 11.6 Å². The fraction of sp³-hybridized carbons (Fsp3) is 0.667. The number of hydrogen-bond acceptors (Lipinski definition) is 6. The number of nitrogens with zero attached hydrogens (tertiary/aromatic N) is 3. The summed E-state index contributed by atoms with van der Waals surface area (Å²) in [5.41, 5.74) is 2.42. The van der Waals surface area contributed by atoms with Crippen LogP contribution in [0.5, 0.6) is 0 Å². The van der Waals surface area contributed by atoms with Gasteiger partial charge in [0.1, 0.15) is 5.02 Å². The molecule has 0 radical (unpaired) electrons. The molecular formula is C12H21ClN6. The Labute approximate surface area is 118 Å². The third-order valence-electron chi connectivity index (χ3n) is 3.48. The van der Waals surface area contributed by atoms with Crippen molar-refractivity contribution < 1.29 is 0 Å². The summed E-state index contributed by atoms with van der Waals surface area (Å²) in [5, 5.41) is 3.80. The molecular weight excluding hydrogens is 264 g/mol. The van der Waals surface area contributed by atoms with Gasteiger partial charge < -0.3 is 10.2 Å². The monoisotopic (exact) mass is 284 g/mol. The van der Waals surface area contributed by atoms with Crippen LogP contribution in [0.2, 0.25) is 5.02 Å². The smallest absolute Gasteiger partial charge is 0.239 e. The Morgan fingerprint density at radius 2 is 2.37 bits per heavy atom. The molecule has 0 spiro atoms. The van der Waals surface area contributed by atoms with Gasteiger partial charge in [-0.3, -0.25) is 5.43 Å². The molecule has 0 amide bonds. The number of hydrogen-bond donors (Lipinski definition) is 3. The van der Waals surface area contributed by atoms with Crippen LogP contribution in [0.4, 0.5) is 11.8 Å². The summed E-state index contributed by atoms with van der Waals surface area (Å²) >= 11 is 6.05. The Bertz CT molecular complexity index is 425. The SMILES string of the molecule is CC(C)N1CCC(CNc2nc(NN)ncc2Cl)C1. The number of aromatic nitrogens is 2. The minimum absolute atomic E-state index is 0.363. The van der Waals surface area contributed by atoms with E-state index in [-0.39, 0.29) is 0 Å². The normalized spacial score (nSPS) is 19.9. The molecule has 4 N–H and O–H groups in total. The van der Waals surface area contributed by atoms with Gasteiger partial charge in [-0.15, -0.1) is 0 Å². The van der Waals surface area contributed by atoms with Crippen LogP contribution < -0.4 is 16.6 Å². The van der Waals surface area contributed by atoms with Crippen molar-refractivity contribution in [1.82, 2.24) is 14.9 Å². The molecule has 1 aromatic rings. The van der Waals surface area contributed by atoms with E-state index >= 15 is 0 Å². The lowest BCUT2D eigenvalue weighted by Gasteiger charge is -2.20. The van der Waals surface area contributed by atoms with Crippen LogP contribution in [-0.2, 0) is 0 Å². The molecule has 1 atom stereocenters. The van der Waals surface area contributed by atoms with Gasteiger partial charge in [0.05, 0.1) is 6.20 Å². The molecule has 1 unspecified atom stereocenters. The van der Waals surface area contributed by atoms with E-state index in [9.17, 15) is 0 Å². The Kier molecular flexibility index (Phi) is 4.79.